The molecule has 1 aromatic carbocycles. The van der Waals surface area contributed by atoms with Crippen LogP contribution in [-0.4, -0.2) is 18.9 Å². The van der Waals surface area contributed by atoms with Gasteiger partial charge in [-0.3, -0.25) is 4.79 Å². The second-order valence-corrected chi connectivity index (χ2v) is 5.68. The third kappa shape index (κ3) is 2.91. The van der Waals surface area contributed by atoms with Gasteiger partial charge in [0.15, 0.2) is 16.4 Å². The molecule has 0 radical (unpaired) electrons. The molecule has 4 nitrogen and oxygen atoms in total. The van der Waals surface area contributed by atoms with Gasteiger partial charge in [-0.05, 0) is 35.0 Å². The summed E-state index contributed by atoms with van der Waals surface area (Å²) >= 11 is 4.36. The average Bonchev–Trinajstić information content (AvgIpc) is 2.77. The number of thiophene rings is 1. The van der Waals surface area contributed by atoms with Crippen molar-refractivity contribution in [1.29, 1.82) is 0 Å². The van der Waals surface area contributed by atoms with Crippen LogP contribution in [0.5, 0.6) is 11.5 Å². The smallest absolute Gasteiger partial charge is 0.351 e. The Morgan fingerprint density at radius 1 is 1.15 bits per heavy atom. The van der Waals surface area contributed by atoms with Crippen molar-refractivity contribution in [2.75, 3.05) is 7.11 Å². The van der Waals surface area contributed by atoms with Crippen LogP contribution < -0.4 is 4.74 Å². The lowest BCUT2D eigenvalue weighted by atomic mass is 10.3. The van der Waals surface area contributed by atoms with Crippen molar-refractivity contribution in [2.24, 2.45) is 0 Å². The number of hydrogen-bond donors (Lipinski definition) is 0. The quantitative estimate of drug-likeness (QED) is 0.606. The van der Waals surface area contributed by atoms with Gasteiger partial charge < -0.3 is 9.47 Å². The van der Waals surface area contributed by atoms with Gasteiger partial charge >= 0.3 is 5.97 Å². The number of benzene rings is 1. The Labute approximate surface area is 128 Å². The highest BCUT2D eigenvalue weighted by molar-refractivity contribution is 9.10. The van der Waals surface area contributed by atoms with E-state index >= 15 is 0 Å². The summed E-state index contributed by atoms with van der Waals surface area (Å²) in [7, 11) is 1.29. The molecule has 0 fully saturated rings. The van der Waals surface area contributed by atoms with E-state index < -0.39 is 5.97 Å². The summed E-state index contributed by atoms with van der Waals surface area (Å²) in [5.41, 5.74) is 0. The van der Waals surface area contributed by atoms with Crippen molar-refractivity contribution in [1.82, 2.24) is 0 Å². The third-order valence-electron chi connectivity index (χ3n) is 2.46. The number of Topliss-reactive ketones (excluding diaryl/α,β-unsaturated/α-hetero) is 1. The van der Waals surface area contributed by atoms with Crippen molar-refractivity contribution in [3.05, 3.63) is 44.6 Å². The molecule has 0 amide bonds. The van der Waals surface area contributed by atoms with Gasteiger partial charge in [0.2, 0.25) is 0 Å². The minimum Gasteiger partial charge on any atom is -0.465 e. The van der Waals surface area contributed by atoms with E-state index in [-0.39, 0.29) is 10.7 Å². The number of hydrogen-bond acceptors (Lipinski definition) is 5. The van der Waals surface area contributed by atoms with E-state index in [2.05, 4.69) is 15.9 Å². The second-order valence-electron chi connectivity index (χ2n) is 3.87. The zero-order valence-corrected chi connectivity index (χ0v) is 13.2. The summed E-state index contributed by atoms with van der Waals surface area (Å²) in [6, 6.07) is 9.02. The number of rotatable bonds is 4. The number of halogens is 1. The van der Waals surface area contributed by atoms with E-state index in [1.54, 1.807) is 12.1 Å². The second kappa shape index (κ2) is 6.19. The predicted molar refractivity (Wildman–Crippen MR) is 79.9 cm³/mol. The van der Waals surface area contributed by atoms with Gasteiger partial charge in [-0.25, -0.2) is 4.79 Å². The lowest BCUT2D eigenvalue weighted by Crippen LogP contribution is -2.00. The van der Waals surface area contributed by atoms with Crippen molar-refractivity contribution in [3.63, 3.8) is 0 Å². The van der Waals surface area contributed by atoms with Crippen molar-refractivity contribution in [3.8, 4) is 11.5 Å². The van der Waals surface area contributed by atoms with E-state index in [9.17, 15) is 9.59 Å². The summed E-state index contributed by atoms with van der Waals surface area (Å²) in [4.78, 5) is 24.0. The lowest BCUT2D eigenvalue weighted by Gasteiger charge is -2.06. The van der Waals surface area contributed by atoms with Gasteiger partial charge in [0.25, 0.3) is 0 Å². The maximum Gasteiger partial charge on any atom is 0.351 e. The normalized spacial score (nSPS) is 10.2. The molecule has 0 aliphatic heterocycles. The maximum atomic E-state index is 11.8. The highest BCUT2D eigenvalue weighted by Gasteiger charge is 2.26. The average molecular weight is 355 g/mol. The van der Waals surface area contributed by atoms with Crippen LogP contribution in [0, 0.1) is 0 Å². The standard InChI is InChI=1S/C14H11BrO4S/c1-8(16)12-10(15)11(13(20-12)14(17)18-2)19-9-6-4-3-5-7-9/h3-7H,1-2H3. The molecular weight excluding hydrogens is 344 g/mol. The maximum absolute atomic E-state index is 11.8. The fraction of sp³-hybridized carbons (Fsp3) is 0.143. The van der Waals surface area contributed by atoms with E-state index in [1.807, 2.05) is 18.2 Å². The Hall–Kier alpha value is -1.66. The molecule has 1 aromatic heterocycles. The van der Waals surface area contributed by atoms with Gasteiger partial charge in [0, 0.05) is 0 Å². The fourth-order valence-corrected chi connectivity index (χ4v) is 3.41. The number of para-hydroxylation sites is 1. The largest absolute Gasteiger partial charge is 0.465 e. The molecule has 0 N–H and O–H groups in total. The molecule has 0 atom stereocenters. The van der Waals surface area contributed by atoms with Crippen LogP contribution in [0.4, 0.5) is 0 Å². The zero-order valence-electron chi connectivity index (χ0n) is 10.8. The molecular formula is C14H11BrO4S. The van der Waals surface area contributed by atoms with Crippen LogP contribution in [0.1, 0.15) is 26.3 Å². The van der Waals surface area contributed by atoms with Gasteiger partial charge in [0.1, 0.15) is 5.75 Å². The van der Waals surface area contributed by atoms with Crippen molar-refractivity contribution in [2.45, 2.75) is 6.92 Å². The molecule has 1 heterocycles. The minimum absolute atomic E-state index is 0.144. The highest BCUT2D eigenvalue weighted by atomic mass is 79.9. The summed E-state index contributed by atoms with van der Waals surface area (Å²) < 4.78 is 10.9. The summed E-state index contributed by atoms with van der Waals surface area (Å²) in [6.07, 6.45) is 0. The van der Waals surface area contributed by atoms with Crippen molar-refractivity contribution >= 4 is 39.0 Å². The Kier molecular flexibility index (Phi) is 4.57. The minimum atomic E-state index is -0.533. The molecule has 2 aromatic rings. The molecule has 6 heteroatoms. The predicted octanol–water partition coefficient (Wildman–Crippen LogP) is 4.29. The first kappa shape index (κ1) is 14.7. The fourth-order valence-electron chi connectivity index (χ4n) is 1.55. The molecule has 0 saturated carbocycles. The summed E-state index contributed by atoms with van der Waals surface area (Å²) in [5, 5.41) is 0. The lowest BCUT2D eigenvalue weighted by molar-refractivity contribution is 0.0603. The zero-order chi connectivity index (χ0) is 14.7. The molecule has 2 rings (SSSR count). The van der Waals surface area contributed by atoms with Crippen molar-refractivity contribution < 1.29 is 19.1 Å². The molecule has 0 aliphatic carbocycles. The Morgan fingerprint density at radius 3 is 2.35 bits per heavy atom. The first-order valence-corrected chi connectivity index (χ1v) is 7.30. The number of ketones is 1. The molecule has 0 saturated heterocycles. The first-order chi connectivity index (χ1) is 9.54. The number of carbonyl (C=O) groups is 2. The topological polar surface area (TPSA) is 52.6 Å². The Bertz CT molecular complexity index is 649. The van der Waals surface area contributed by atoms with Gasteiger partial charge in [-0.15, -0.1) is 11.3 Å². The SMILES string of the molecule is COC(=O)c1sc(C(C)=O)c(Br)c1Oc1ccccc1. The summed E-state index contributed by atoms with van der Waals surface area (Å²) in [5.74, 6) is 0.202. The Morgan fingerprint density at radius 2 is 1.80 bits per heavy atom. The third-order valence-corrected chi connectivity index (χ3v) is 4.73. The van der Waals surface area contributed by atoms with Crippen LogP contribution in [-0.2, 0) is 4.74 Å². The van der Waals surface area contributed by atoms with Crippen LogP contribution in [0.25, 0.3) is 0 Å². The van der Waals surface area contributed by atoms with Gasteiger partial charge in [-0.1, -0.05) is 18.2 Å². The van der Waals surface area contributed by atoms with Crippen LogP contribution >= 0.6 is 27.3 Å². The monoisotopic (exact) mass is 354 g/mol. The van der Waals surface area contributed by atoms with Crippen LogP contribution in [0.15, 0.2) is 34.8 Å². The number of carbonyl (C=O) groups excluding carboxylic acids is 2. The molecule has 0 unspecified atom stereocenters. The van der Waals surface area contributed by atoms with Crippen LogP contribution in [0.3, 0.4) is 0 Å². The molecule has 104 valence electrons. The van der Waals surface area contributed by atoms with Gasteiger partial charge in [-0.2, -0.15) is 0 Å². The van der Waals surface area contributed by atoms with Gasteiger partial charge in [0.05, 0.1) is 16.5 Å². The molecule has 0 aliphatic rings. The Balaban J connectivity index is 2.49. The first-order valence-electron chi connectivity index (χ1n) is 5.69. The number of ether oxygens (including phenoxy) is 2. The van der Waals surface area contributed by atoms with Crippen LogP contribution in [0.2, 0.25) is 0 Å². The van der Waals surface area contributed by atoms with E-state index in [0.29, 0.717) is 20.8 Å². The highest BCUT2D eigenvalue weighted by Crippen LogP contribution is 2.42. The number of methoxy groups -OCH3 is 1. The molecule has 20 heavy (non-hydrogen) atoms. The van der Waals surface area contributed by atoms with E-state index in [4.69, 9.17) is 9.47 Å². The molecule has 0 spiro atoms. The summed E-state index contributed by atoms with van der Waals surface area (Å²) in [6.45, 7) is 1.43. The van der Waals surface area contributed by atoms with E-state index in [1.165, 1.54) is 14.0 Å². The van der Waals surface area contributed by atoms with E-state index in [0.717, 1.165) is 11.3 Å². The molecule has 0 bridgehead atoms. The number of esters is 1.